The largest absolute Gasteiger partial charge is 0.323 e. The van der Waals surface area contributed by atoms with Gasteiger partial charge in [0.2, 0.25) is 0 Å². The molecule has 3 fully saturated rings. The Morgan fingerprint density at radius 3 is 2.43 bits per heavy atom. The summed E-state index contributed by atoms with van der Waals surface area (Å²) in [6.45, 7) is 4.94. The zero-order chi connectivity index (χ0) is 16.2. The number of hydrogen-bond donors (Lipinski definition) is 2. The minimum atomic E-state index is 0.270. The summed E-state index contributed by atoms with van der Waals surface area (Å²) in [4.78, 5) is 0. The van der Waals surface area contributed by atoms with Gasteiger partial charge in [0.25, 0.3) is 0 Å². The van der Waals surface area contributed by atoms with E-state index >= 15 is 0 Å². The molecular formula is C19H30N4. The third-order valence-corrected chi connectivity index (χ3v) is 8.04. The van der Waals surface area contributed by atoms with E-state index in [1.165, 1.54) is 44.2 Å². The van der Waals surface area contributed by atoms with Crippen LogP contribution in [0.1, 0.15) is 65.2 Å². The molecule has 0 unspecified atom stereocenters. The van der Waals surface area contributed by atoms with Crippen molar-refractivity contribution < 1.29 is 0 Å². The van der Waals surface area contributed by atoms with E-state index in [1.54, 1.807) is 5.57 Å². The SMILES string of the molecule is C[C@]12CC/C(=N\N)C=C1CC[C@H]1[C@H]3CC/C(=N\N)[C@@]3(C)CC[C@@H]12. The molecule has 4 N–H and O–H groups in total. The maximum atomic E-state index is 5.71. The van der Waals surface area contributed by atoms with Crippen molar-refractivity contribution in [2.24, 2.45) is 50.5 Å². The van der Waals surface area contributed by atoms with Crippen LogP contribution in [0, 0.1) is 28.6 Å². The molecule has 0 bridgehead atoms. The van der Waals surface area contributed by atoms with Gasteiger partial charge in [-0.2, -0.15) is 10.2 Å². The molecule has 0 aromatic heterocycles. The Kier molecular flexibility index (Phi) is 3.37. The van der Waals surface area contributed by atoms with Crippen molar-refractivity contribution in [1.29, 1.82) is 0 Å². The van der Waals surface area contributed by atoms with Crippen LogP contribution in [0.25, 0.3) is 0 Å². The monoisotopic (exact) mass is 314 g/mol. The number of nitrogens with two attached hydrogens (primary N) is 2. The molecule has 3 saturated carbocycles. The Morgan fingerprint density at radius 1 is 0.913 bits per heavy atom. The molecule has 0 heterocycles. The van der Waals surface area contributed by atoms with Crippen molar-refractivity contribution in [2.75, 3.05) is 0 Å². The molecule has 4 heteroatoms. The highest BCUT2D eigenvalue weighted by molar-refractivity contribution is 5.96. The topological polar surface area (TPSA) is 76.8 Å². The Balaban J connectivity index is 1.68. The van der Waals surface area contributed by atoms with E-state index in [0.717, 1.165) is 36.3 Å². The van der Waals surface area contributed by atoms with Crippen LogP contribution < -0.4 is 11.7 Å². The zero-order valence-corrected chi connectivity index (χ0v) is 14.5. The van der Waals surface area contributed by atoms with Crippen molar-refractivity contribution in [3.8, 4) is 0 Å². The smallest absolute Gasteiger partial charge is 0.0600 e. The fourth-order valence-electron chi connectivity index (χ4n) is 6.67. The van der Waals surface area contributed by atoms with Crippen molar-refractivity contribution >= 4 is 11.4 Å². The first-order chi connectivity index (χ1) is 11.0. The van der Waals surface area contributed by atoms with E-state index in [4.69, 9.17) is 11.7 Å². The molecule has 126 valence electrons. The van der Waals surface area contributed by atoms with Gasteiger partial charge in [0.05, 0.1) is 5.71 Å². The predicted molar refractivity (Wildman–Crippen MR) is 94.9 cm³/mol. The third kappa shape index (κ3) is 1.96. The van der Waals surface area contributed by atoms with E-state index < -0.39 is 0 Å². The van der Waals surface area contributed by atoms with Gasteiger partial charge in [-0.1, -0.05) is 19.4 Å². The molecule has 0 amide bonds. The summed E-state index contributed by atoms with van der Waals surface area (Å²) in [7, 11) is 0. The maximum Gasteiger partial charge on any atom is 0.0600 e. The highest BCUT2D eigenvalue weighted by atomic mass is 15.1. The van der Waals surface area contributed by atoms with Crippen LogP contribution in [0.4, 0.5) is 0 Å². The van der Waals surface area contributed by atoms with Crippen LogP contribution >= 0.6 is 0 Å². The molecule has 0 aromatic rings. The number of hydrazone groups is 2. The van der Waals surface area contributed by atoms with E-state index in [0.29, 0.717) is 5.41 Å². The third-order valence-electron chi connectivity index (χ3n) is 8.04. The van der Waals surface area contributed by atoms with Gasteiger partial charge < -0.3 is 11.7 Å². The van der Waals surface area contributed by atoms with Gasteiger partial charge in [0.15, 0.2) is 0 Å². The number of hydrogen-bond acceptors (Lipinski definition) is 4. The Morgan fingerprint density at radius 2 is 1.70 bits per heavy atom. The number of nitrogens with zero attached hydrogens (tertiary/aromatic N) is 2. The second-order valence-corrected chi connectivity index (χ2v) is 8.69. The fourth-order valence-corrected chi connectivity index (χ4v) is 6.67. The van der Waals surface area contributed by atoms with Crippen LogP contribution in [0.5, 0.6) is 0 Å². The van der Waals surface area contributed by atoms with Crippen LogP contribution in [-0.2, 0) is 0 Å². The van der Waals surface area contributed by atoms with E-state index in [1.807, 2.05) is 0 Å². The van der Waals surface area contributed by atoms with Crippen molar-refractivity contribution in [2.45, 2.75) is 65.2 Å². The first-order valence-electron chi connectivity index (χ1n) is 9.28. The lowest BCUT2D eigenvalue weighted by Crippen LogP contribution is -2.50. The first-order valence-corrected chi connectivity index (χ1v) is 9.28. The average molecular weight is 314 g/mol. The minimum Gasteiger partial charge on any atom is -0.323 e. The molecule has 0 saturated heterocycles. The summed E-state index contributed by atoms with van der Waals surface area (Å²) in [5.74, 6) is 13.7. The van der Waals surface area contributed by atoms with Gasteiger partial charge in [-0.05, 0) is 80.6 Å². The molecule has 23 heavy (non-hydrogen) atoms. The average Bonchev–Trinajstić information content (AvgIpc) is 2.90. The molecule has 4 nitrogen and oxygen atoms in total. The van der Waals surface area contributed by atoms with Crippen molar-refractivity contribution in [3.05, 3.63) is 11.6 Å². The van der Waals surface area contributed by atoms with E-state index in [-0.39, 0.29) is 5.41 Å². The molecule has 0 radical (unpaired) electrons. The molecule has 0 aromatic carbocycles. The summed E-state index contributed by atoms with van der Waals surface area (Å²) < 4.78 is 0. The predicted octanol–water partition coefficient (Wildman–Crippen LogP) is 3.58. The lowest BCUT2D eigenvalue weighted by molar-refractivity contribution is -0.0154. The molecule has 5 atom stereocenters. The Hall–Kier alpha value is -1.32. The number of rotatable bonds is 0. The molecule has 0 spiro atoms. The quantitative estimate of drug-likeness (QED) is 0.529. The van der Waals surface area contributed by atoms with Gasteiger partial charge in [0, 0.05) is 11.1 Å². The lowest BCUT2D eigenvalue weighted by atomic mass is 9.47. The summed E-state index contributed by atoms with van der Waals surface area (Å²) in [6, 6.07) is 0. The highest BCUT2D eigenvalue weighted by Crippen LogP contribution is 2.64. The van der Waals surface area contributed by atoms with Gasteiger partial charge in [-0.15, -0.1) is 0 Å². The van der Waals surface area contributed by atoms with Gasteiger partial charge in [0.1, 0.15) is 0 Å². The first kappa shape index (κ1) is 15.2. The standard InChI is InChI=1S/C19H30N4/c1-18-9-7-13(22-20)11-12(18)3-4-14-15-5-6-17(23-21)19(15,2)10-8-16(14)18/h11,14-16H,3-10,20-21H2,1-2H3/b22-13+,23-17+/t14-,15+,16-,18-,19-/m0/s1. The normalized spacial score (nSPS) is 49.5. The number of fused-ring (bicyclic) bond motifs is 5. The van der Waals surface area contributed by atoms with Gasteiger partial charge >= 0.3 is 0 Å². The summed E-state index contributed by atoms with van der Waals surface area (Å²) >= 11 is 0. The zero-order valence-electron chi connectivity index (χ0n) is 14.5. The summed E-state index contributed by atoms with van der Waals surface area (Å²) in [5, 5.41) is 8.15. The van der Waals surface area contributed by atoms with Crippen molar-refractivity contribution in [1.82, 2.24) is 0 Å². The minimum absolute atomic E-state index is 0.270. The van der Waals surface area contributed by atoms with Crippen molar-refractivity contribution in [3.63, 3.8) is 0 Å². The molecule has 0 aliphatic heterocycles. The Labute approximate surface area is 139 Å². The molecule has 4 aliphatic carbocycles. The fraction of sp³-hybridized carbons (Fsp3) is 0.789. The Bertz CT molecular complexity index is 604. The second kappa shape index (κ2) is 5.09. The maximum absolute atomic E-state index is 5.71. The molecular weight excluding hydrogens is 284 g/mol. The summed E-state index contributed by atoms with van der Waals surface area (Å²) in [6.07, 6.45) is 12.1. The number of allylic oxidation sites excluding steroid dienone is 2. The highest BCUT2D eigenvalue weighted by Gasteiger charge is 2.58. The van der Waals surface area contributed by atoms with Gasteiger partial charge in [-0.25, -0.2) is 0 Å². The molecule has 4 aliphatic rings. The second-order valence-electron chi connectivity index (χ2n) is 8.69. The molecule has 4 rings (SSSR count). The van der Waals surface area contributed by atoms with Gasteiger partial charge in [-0.3, -0.25) is 0 Å². The summed E-state index contributed by atoms with van der Waals surface area (Å²) in [5.41, 5.74) is 4.62. The van der Waals surface area contributed by atoms with Crippen LogP contribution in [0.15, 0.2) is 21.9 Å². The lowest BCUT2D eigenvalue weighted by Gasteiger charge is -2.57. The van der Waals surface area contributed by atoms with Crippen LogP contribution in [0.3, 0.4) is 0 Å². The van der Waals surface area contributed by atoms with E-state index in [2.05, 4.69) is 30.1 Å². The van der Waals surface area contributed by atoms with E-state index in [9.17, 15) is 0 Å². The van der Waals surface area contributed by atoms with Crippen LogP contribution in [0.2, 0.25) is 0 Å². The van der Waals surface area contributed by atoms with Crippen LogP contribution in [-0.4, -0.2) is 11.4 Å².